The Hall–Kier alpha value is -5.29. The number of carbonyl (C=O) groups excluding carboxylic acids is 1. The first-order chi connectivity index (χ1) is 22.8. The van der Waals surface area contributed by atoms with E-state index in [2.05, 4.69) is 9.97 Å². The predicted molar refractivity (Wildman–Crippen MR) is 173 cm³/mol. The van der Waals surface area contributed by atoms with Gasteiger partial charge in [-0.1, -0.05) is 36.4 Å². The van der Waals surface area contributed by atoms with Gasteiger partial charge in [-0.25, -0.2) is 28.1 Å². The number of hydrogen-bond acceptors (Lipinski definition) is 6. The molecule has 11 heteroatoms. The number of ketones is 1. The number of imidazole rings is 1. The third-order valence-electron chi connectivity index (χ3n) is 9.04. The maximum Gasteiger partial charge on any atom is 0.337 e. The maximum absolute atomic E-state index is 14.4. The smallest absolute Gasteiger partial charge is 0.337 e. The lowest BCUT2D eigenvalue weighted by Gasteiger charge is -2.29. The van der Waals surface area contributed by atoms with Crippen LogP contribution in [-0.2, 0) is 6.42 Å². The normalized spacial score (nSPS) is 16.6. The number of rotatable bonds is 8. The van der Waals surface area contributed by atoms with Gasteiger partial charge < -0.3 is 9.51 Å². The van der Waals surface area contributed by atoms with Gasteiger partial charge in [-0.05, 0) is 85.0 Å². The number of fused-ring (bicyclic) bond motifs is 2. The van der Waals surface area contributed by atoms with Crippen LogP contribution >= 0.6 is 0 Å². The predicted octanol–water partition coefficient (Wildman–Crippen LogP) is 5.68. The standard InChI is InChI=1S/C36H31F2N5O4/c37-26-10-13-33-40-31(21-41(33)20-26)32(45)16-23-6-11-28(12-7-23)43-35(46)30-18-27(38)19-39-34(30)42(36(43)47)29-3-1-2-25(17-29)24-8-4-22(5-9-24)14-15-44/h1-5,8-10,13,17-21,23,28,44H,6-7,11-12,14-16H2. The van der Waals surface area contributed by atoms with Crippen LogP contribution in [-0.4, -0.2) is 41.0 Å². The number of halogens is 2. The van der Waals surface area contributed by atoms with Crippen molar-refractivity contribution in [3.8, 4) is 16.8 Å². The lowest BCUT2D eigenvalue weighted by molar-refractivity contribution is 0.0938. The van der Waals surface area contributed by atoms with Crippen LogP contribution in [0.3, 0.4) is 0 Å². The van der Waals surface area contributed by atoms with Gasteiger partial charge in [0.25, 0.3) is 5.56 Å². The van der Waals surface area contributed by atoms with Gasteiger partial charge in [0.2, 0.25) is 0 Å². The molecule has 1 saturated carbocycles. The number of pyridine rings is 2. The summed E-state index contributed by atoms with van der Waals surface area (Å²) in [5.41, 5.74) is 2.88. The Labute approximate surface area is 267 Å². The number of hydrogen-bond donors (Lipinski definition) is 1. The highest BCUT2D eigenvalue weighted by molar-refractivity contribution is 5.95. The van der Waals surface area contributed by atoms with Gasteiger partial charge in [0.05, 0.1) is 17.3 Å². The molecule has 0 atom stereocenters. The minimum Gasteiger partial charge on any atom is -0.396 e. The third kappa shape index (κ3) is 5.90. The molecule has 238 valence electrons. The first-order valence-corrected chi connectivity index (χ1v) is 15.6. The van der Waals surface area contributed by atoms with Crippen LogP contribution in [0.1, 0.15) is 54.2 Å². The van der Waals surface area contributed by atoms with Gasteiger partial charge in [0.15, 0.2) is 11.4 Å². The highest BCUT2D eigenvalue weighted by Gasteiger charge is 2.29. The zero-order valence-corrected chi connectivity index (χ0v) is 25.4. The second-order valence-corrected chi connectivity index (χ2v) is 12.1. The molecule has 4 aromatic heterocycles. The van der Waals surface area contributed by atoms with Gasteiger partial charge in [0.1, 0.15) is 23.0 Å². The molecule has 9 nitrogen and oxygen atoms in total. The van der Waals surface area contributed by atoms with E-state index >= 15 is 0 Å². The second kappa shape index (κ2) is 12.5. The Morgan fingerprint density at radius 1 is 0.894 bits per heavy atom. The van der Waals surface area contributed by atoms with E-state index in [4.69, 9.17) is 0 Å². The van der Waals surface area contributed by atoms with Gasteiger partial charge >= 0.3 is 5.69 Å². The van der Waals surface area contributed by atoms with Crippen molar-refractivity contribution in [3.63, 3.8) is 0 Å². The molecule has 47 heavy (non-hydrogen) atoms. The van der Waals surface area contributed by atoms with E-state index in [1.807, 2.05) is 42.5 Å². The fourth-order valence-corrected chi connectivity index (χ4v) is 6.63. The van der Waals surface area contributed by atoms with Crippen molar-refractivity contribution in [1.82, 2.24) is 23.5 Å². The summed E-state index contributed by atoms with van der Waals surface area (Å²) in [4.78, 5) is 49.5. The number of Topliss-reactive ketones (excluding diaryl/α,β-unsaturated/α-hetero) is 1. The summed E-state index contributed by atoms with van der Waals surface area (Å²) >= 11 is 0. The number of benzene rings is 2. The van der Waals surface area contributed by atoms with Crippen molar-refractivity contribution >= 4 is 22.5 Å². The van der Waals surface area contributed by atoms with E-state index in [-0.39, 0.29) is 41.5 Å². The van der Waals surface area contributed by atoms with Crippen molar-refractivity contribution in [1.29, 1.82) is 0 Å². The topological polar surface area (TPSA) is 111 Å². The first kappa shape index (κ1) is 30.4. The number of aromatic nitrogens is 5. The average Bonchev–Trinajstić information content (AvgIpc) is 3.50. The van der Waals surface area contributed by atoms with E-state index in [0.717, 1.165) is 29.0 Å². The fraction of sp³-hybridized carbons (Fsp3) is 0.250. The lowest BCUT2D eigenvalue weighted by atomic mass is 9.82. The van der Waals surface area contributed by atoms with E-state index < -0.39 is 28.9 Å². The van der Waals surface area contributed by atoms with Crippen LogP contribution in [0.5, 0.6) is 0 Å². The Balaban J connectivity index is 1.18. The first-order valence-electron chi connectivity index (χ1n) is 15.6. The summed E-state index contributed by atoms with van der Waals surface area (Å²) in [6.07, 6.45) is 6.76. The molecular weight excluding hydrogens is 604 g/mol. The zero-order valence-electron chi connectivity index (χ0n) is 25.4. The molecule has 1 fully saturated rings. The highest BCUT2D eigenvalue weighted by atomic mass is 19.1. The zero-order chi connectivity index (χ0) is 32.7. The molecule has 7 rings (SSSR count). The fourth-order valence-electron chi connectivity index (χ4n) is 6.63. The molecule has 0 bridgehead atoms. The molecule has 0 radical (unpaired) electrons. The molecule has 2 aromatic carbocycles. The monoisotopic (exact) mass is 635 g/mol. The van der Waals surface area contributed by atoms with Crippen LogP contribution < -0.4 is 11.2 Å². The van der Waals surface area contributed by atoms with Gasteiger partial charge in [-0.15, -0.1) is 0 Å². The quantitative estimate of drug-likeness (QED) is 0.216. The van der Waals surface area contributed by atoms with Crippen molar-refractivity contribution in [2.24, 2.45) is 5.92 Å². The summed E-state index contributed by atoms with van der Waals surface area (Å²) in [5.74, 6) is -1.23. The molecule has 1 N–H and O–H groups in total. The van der Waals surface area contributed by atoms with Crippen molar-refractivity contribution in [2.75, 3.05) is 6.61 Å². The van der Waals surface area contributed by atoms with E-state index in [0.29, 0.717) is 43.4 Å². The molecule has 1 aliphatic rings. The van der Waals surface area contributed by atoms with Crippen molar-refractivity contribution < 1.29 is 18.7 Å². The van der Waals surface area contributed by atoms with Gasteiger partial charge in [-0.2, -0.15) is 0 Å². The van der Waals surface area contributed by atoms with Crippen molar-refractivity contribution in [2.45, 2.75) is 44.6 Å². The molecule has 0 amide bonds. The van der Waals surface area contributed by atoms with E-state index in [1.54, 1.807) is 6.07 Å². The summed E-state index contributed by atoms with van der Waals surface area (Å²) in [6, 6.07) is 18.5. The molecule has 4 heterocycles. The Bertz CT molecular complexity index is 2250. The summed E-state index contributed by atoms with van der Waals surface area (Å²) in [6.45, 7) is 0.0557. The molecular formula is C36H31F2N5O4. The van der Waals surface area contributed by atoms with Crippen LogP contribution in [0.2, 0.25) is 0 Å². The minimum absolute atomic E-state index is 0.00365. The summed E-state index contributed by atoms with van der Waals surface area (Å²) in [7, 11) is 0. The van der Waals surface area contributed by atoms with E-state index in [9.17, 15) is 28.3 Å². The van der Waals surface area contributed by atoms with Crippen LogP contribution in [0, 0.1) is 17.6 Å². The Morgan fingerprint density at radius 2 is 1.68 bits per heavy atom. The number of carbonyl (C=O) groups is 1. The van der Waals surface area contributed by atoms with Gasteiger partial charge in [-0.3, -0.25) is 14.2 Å². The second-order valence-electron chi connectivity index (χ2n) is 12.1. The molecule has 0 spiro atoms. The van der Waals surface area contributed by atoms with Crippen LogP contribution in [0.25, 0.3) is 33.5 Å². The van der Waals surface area contributed by atoms with Gasteiger partial charge in [0, 0.05) is 31.5 Å². The molecule has 1 aliphatic carbocycles. The van der Waals surface area contributed by atoms with Crippen LogP contribution in [0.4, 0.5) is 8.78 Å². The number of nitrogens with zero attached hydrogens (tertiary/aromatic N) is 5. The van der Waals surface area contributed by atoms with E-state index in [1.165, 1.54) is 38.1 Å². The summed E-state index contributed by atoms with van der Waals surface area (Å²) < 4.78 is 32.1. The number of aliphatic hydroxyl groups excluding tert-OH is 1. The van der Waals surface area contributed by atoms with Crippen LogP contribution in [0.15, 0.2) is 94.9 Å². The third-order valence-corrected chi connectivity index (χ3v) is 9.04. The molecule has 6 aromatic rings. The largest absolute Gasteiger partial charge is 0.396 e. The minimum atomic E-state index is -0.681. The highest BCUT2D eigenvalue weighted by Crippen LogP contribution is 2.34. The lowest BCUT2D eigenvalue weighted by Crippen LogP contribution is -2.43. The molecule has 0 aliphatic heterocycles. The van der Waals surface area contributed by atoms with Crippen molar-refractivity contribution in [3.05, 3.63) is 129 Å². The SMILES string of the molecule is O=C(CC1CCC(n2c(=O)c3cc(F)cnc3n(-c3cccc(-c4ccc(CCO)cc4)c3)c2=O)CC1)c1cn2cc(F)ccc2n1. The molecule has 0 unspecified atom stereocenters. The molecule has 0 saturated heterocycles. The summed E-state index contributed by atoms with van der Waals surface area (Å²) in [5, 5.41) is 9.25. The maximum atomic E-state index is 14.4. The Kier molecular flexibility index (Phi) is 8.07. The number of aliphatic hydroxyl groups is 1. The Morgan fingerprint density at radius 3 is 2.45 bits per heavy atom. The average molecular weight is 636 g/mol.